The molecule has 1 heterocycles. The van der Waals surface area contributed by atoms with E-state index in [4.69, 9.17) is 0 Å². The van der Waals surface area contributed by atoms with Crippen LogP contribution in [0.3, 0.4) is 0 Å². The first-order valence-electron chi connectivity index (χ1n) is 11.3. The van der Waals surface area contributed by atoms with Gasteiger partial charge in [-0.25, -0.2) is 0 Å². The number of aromatic nitrogens is 3. The van der Waals surface area contributed by atoms with Crippen molar-refractivity contribution in [2.75, 3.05) is 11.1 Å². The Labute approximate surface area is 205 Å². The lowest BCUT2D eigenvalue weighted by atomic mass is 10.0. The first-order valence-corrected chi connectivity index (χ1v) is 12.3. The summed E-state index contributed by atoms with van der Waals surface area (Å²) in [6.45, 7) is 12.1. The molecule has 7 nitrogen and oxygen atoms in total. The molecule has 1 unspecified atom stereocenters. The van der Waals surface area contributed by atoms with Gasteiger partial charge in [-0.2, -0.15) is 0 Å². The van der Waals surface area contributed by atoms with Crippen molar-refractivity contribution >= 4 is 29.3 Å². The van der Waals surface area contributed by atoms with Crippen LogP contribution in [-0.4, -0.2) is 32.3 Å². The van der Waals surface area contributed by atoms with Crippen LogP contribution in [0.5, 0.6) is 0 Å². The normalized spacial score (nSPS) is 12.0. The van der Waals surface area contributed by atoms with Crippen LogP contribution in [-0.2, 0) is 11.8 Å². The second-order valence-corrected chi connectivity index (χ2v) is 10.0. The summed E-state index contributed by atoms with van der Waals surface area (Å²) in [5.41, 5.74) is 5.81. The Bertz CT molecular complexity index is 1160. The minimum Gasteiger partial charge on any atom is -0.342 e. The van der Waals surface area contributed by atoms with Crippen LogP contribution in [0.4, 0.5) is 5.69 Å². The van der Waals surface area contributed by atoms with Crippen LogP contribution < -0.4 is 10.6 Å². The fourth-order valence-corrected chi connectivity index (χ4v) is 4.58. The molecular formula is C26H33N5O2S. The van der Waals surface area contributed by atoms with E-state index in [9.17, 15) is 9.59 Å². The van der Waals surface area contributed by atoms with E-state index in [-0.39, 0.29) is 29.5 Å². The first kappa shape index (κ1) is 25.5. The lowest BCUT2D eigenvalue weighted by molar-refractivity contribution is -0.113. The number of nitrogens with zero attached hydrogens (tertiary/aromatic N) is 3. The SMILES string of the molecule is Cc1ccc(C(=O)NC(c2nnc(SCC(=O)Nc3c(C)cc(C)cc3C)n2C)C(C)C)cc1. The van der Waals surface area contributed by atoms with Gasteiger partial charge in [-0.15, -0.1) is 10.2 Å². The molecule has 0 aliphatic carbocycles. The molecule has 1 aromatic heterocycles. The fourth-order valence-electron chi connectivity index (χ4n) is 3.86. The zero-order chi connectivity index (χ0) is 25.0. The van der Waals surface area contributed by atoms with Crippen LogP contribution in [0.1, 0.15) is 58.3 Å². The van der Waals surface area contributed by atoms with E-state index in [1.165, 1.54) is 17.3 Å². The van der Waals surface area contributed by atoms with Crippen molar-refractivity contribution < 1.29 is 9.59 Å². The van der Waals surface area contributed by atoms with Crippen LogP contribution in [0, 0.1) is 33.6 Å². The van der Waals surface area contributed by atoms with Gasteiger partial charge < -0.3 is 15.2 Å². The monoisotopic (exact) mass is 479 g/mol. The Balaban J connectivity index is 1.68. The zero-order valence-corrected chi connectivity index (χ0v) is 21.7. The predicted octanol–water partition coefficient (Wildman–Crippen LogP) is 4.91. The molecule has 0 radical (unpaired) electrons. The molecule has 2 aromatic carbocycles. The van der Waals surface area contributed by atoms with Gasteiger partial charge in [0.05, 0.1) is 11.8 Å². The van der Waals surface area contributed by atoms with Crippen molar-refractivity contribution in [3.05, 3.63) is 70.0 Å². The zero-order valence-electron chi connectivity index (χ0n) is 20.9. The summed E-state index contributed by atoms with van der Waals surface area (Å²) in [4.78, 5) is 25.4. The molecule has 34 heavy (non-hydrogen) atoms. The van der Waals surface area contributed by atoms with E-state index >= 15 is 0 Å². The van der Waals surface area contributed by atoms with Gasteiger partial charge in [0, 0.05) is 18.3 Å². The highest BCUT2D eigenvalue weighted by atomic mass is 32.2. The number of amides is 2. The molecule has 1 atom stereocenters. The highest BCUT2D eigenvalue weighted by molar-refractivity contribution is 7.99. The highest BCUT2D eigenvalue weighted by Crippen LogP contribution is 2.26. The van der Waals surface area contributed by atoms with Gasteiger partial charge in [-0.1, -0.05) is 61.0 Å². The van der Waals surface area contributed by atoms with Gasteiger partial charge in [-0.05, 0) is 56.9 Å². The first-order chi connectivity index (χ1) is 16.1. The van der Waals surface area contributed by atoms with Crippen molar-refractivity contribution in [1.29, 1.82) is 0 Å². The molecule has 0 fully saturated rings. The molecule has 0 aliphatic rings. The third kappa shape index (κ3) is 6.05. The molecule has 0 saturated heterocycles. The number of carbonyl (C=O) groups is 2. The maximum absolute atomic E-state index is 12.8. The Morgan fingerprint density at radius 1 is 0.971 bits per heavy atom. The average molecular weight is 480 g/mol. The minimum atomic E-state index is -0.313. The standard InChI is InChI=1S/C26H33N5O2S/c1-15(2)22(28-25(33)20-10-8-16(3)9-11-20)24-29-30-26(31(24)7)34-14-21(32)27-23-18(5)12-17(4)13-19(23)6/h8-13,15,22H,14H2,1-7H3,(H,27,32)(H,28,33). The van der Waals surface area contributed by atoms with Crippen molar-refractivity contribution in [3.63, 3.8) is 0 Å². The summed E-state index contributed by atoms with van der Waals surface area (Å²) < 4.78 is 1.85. The smallest absolute Gasteiger partial charge is 0.251 e. The Morgan fingerprint density at radius 3 is 2.18 bits per heavy atom. The summed E-state index contributed by atoms with van der Waals surface area (Å²) in [5.74, 6) is 0.715. The molecule has 3 rings (SSSR count). The van der Waals surface area contributed by atoms with Crippen LogP contribution in [0.2, 0.25) is 0 Å². The quantitative estimate of drug-likeness (QED) is 0.448. The number of rotatable bonds is 8. The Morgan fingerprint density at radius 2 is 1.59 bits per heavy atom. The number of anilines is 1. The van der Waals surface area contributed by atoms with Crippen LogP contribution in [0.15, 0.2) is 41.6 Å². The third-order valence-corrected chi connectivity index (χ3v) is 6.71. The van der Waals surface area contributed by atoms with Gasteiger partial charge in [0.2, 0.25) is 5.91 Å². The summed E-state index contributed by atoms with van der Waals surface area (Å²) in [7, 11) is 1.86. The van der Waals surface area contributed by atoms with E-state index in [0.29, 0.717) is 16.5 Å². The number of hydrogen-bond acceptors (Lipinski definition) is 5. The molecule has 180 valence electrons. The second kappa shape index (κ2) is 10.9. The second-order valence-electron chi connectivity index (χ2n) is 9.07. The van der Waals surface area contributed by atoms with Gasteiger partial charge in [0.15, 0.2) is 11.0 Å². The summed E-state index contributed by atoms with van der Waals surface area (Å²) >= 11 is 1.32. The van der Waals surface area contributed by atoms with Crippen molar-refractivity contribution in [1.82, 2.24) is 20.1 Å². The van der Waals surface area contributed by atoms with Gasteiger partial charge in [-0.3, -0.25) is 9.59 Å². The summed E-state index contributed by atoms with van der Waals surface area (Å²) in [5, 5.41) is 15.4. The van der Waals surface area contributed by atoms with Crippen molar-refractivity contribution in [2.24, 2.45) is 13.0 Å². The van der Waals surface area contributed by atoms with Gasteiger partial charge in [0.25, 0.3) is 5.91 Å². The number of benzene rings is 2. The highest BCUT2D eigenvalue weighted by Gasteiger charge is 2.25. The van der Waals surface area contributed by atoms with Crippen LogP contribution >= 0.6 is 11.8 Å². The molecule has 0 spiro atoms. The third-order valence-electron chi connectivity index (χ3n) is 5.69. The van der Waals surface area contributed by atoms with Gasteiger partial charge >= 0.3 is 0 Å². The summed E-state index contributed by atoms with van der Waals surface area (Å²) in [6.07, 6.45) is 0. The molecule has 2 amide bonds. The van der Waals surface area contributed by atoms with E-state index in [2.05, 4.69) is 33.0 Å². The van der Waals surface area contributed by atoms with Crippen LogP contribution in [0.25, 0.3) is 0 Å². The average Bonchev–Trinajstić information content (AvgIpc) is 3.13. The van der Waals surface area contributed by atoms with Crippen molar-refractivity contribution in [3.8, 4) is 0 Å². The number of thioether (sulfide) groups is 1. The molecule has 3 aromatic rings. The maximum Gasteiger partial charge on any atom is 0.251 e. The Hall–Kier alpha value is -3.13. The molecule has 8 heteroatoms. The van der Waals surface area contributed by atoms with E-state index in [1.54, 1.807) is 0 Å². The number of nitrogens with one attached hydrogen (secondary N) is 2. The minimum absolute atomic E-state index is 0.0994. The number of hydrogen-bond donors (Lipinski definition) is 2. The summed E-state index contributed by atoms with van der Waals surface area (Å²) in [6, 6.07) is 11.3. The number of aryl methyl sites for hydroxylation is 4. The molecule has 0 aliphatic heterocycles. The lowest BCUT2D eigenvalue weighted by Gasteiger charge is -2.21. The van der Waals surface area contributed by atoms with E-state index in [1.807, 2.05) is 77.4 Å². The predicted molar refractivity (Wildman–Crippen MR) is 137 cm³/mol. The molecular weight excluding hydrogens is 446 g/mol. The molecule has 0 bridgehead atoms. The Kier molecular flexibility index (Phi) is 8.15. The number of carbonyl (C=O) groups excluding carboxylic acids is 2. The largest absolute Gasteiger partial charge is 0.342 e. The van der Waals surface area contributed by atoms with Gasteiger partial charge in [0.1, 0.15) is 0 Å². The topological polar surface area (TPSA) is 88.9 Å². The lowest BCUT2D eigenvalue weighted by Crippen LogP contribution is -2.33. The van der Waals surface area contributed by atoms with Crippen molar-refractivity contribution in [2.45, 2.75) is 52.7 Å². The molecule has 0 saturated carbocycles. The molecule has 2 N–H and O–H groups in total. The van der Waals surface area contributed by atoms with E-state index in [0.717, 1.165) is 22.4 Å². The maximum atomic E-state index is 12.8. The van der Waals surface area contributed by atoms with E-state index < -0.39 is 0 Å². The fraction of sp³-hybridized carbons (Fsp3) is 0.385.